The largest absolute Gasteiger partial charge is 0.487 e. The van der Waals surface area contributed by atoms with Crippen LogP contribution in [0.5, 0.6) is 5.75 Å². The van der Waals surface area contributed by atoms with Gasteiger partial charge in [0.1, 0.15) is 11.4 Å². The highest BCUT2D eigenvalue weighted by atomic mass is 16.5. The Bertz CT molecular complexity index is 1200. The quantitative estimate of drug-likeness (QED) is 0.640. The summed E-state index contributed by atoms with van der Waals surface area (Å²) in [6.07, 6.45) is 5.93. The van der Waals surface area contributed by atoms with Gasteiger partial charge >= 0.3 is 0 Å². The second kappa shape index (κ2) is 8.91. The first-order chi connectivity index (χ1) is 17.1. The van der Waals surface area contributed by atoms with Gasteiger partial charge < -0.3 is 15.8 Å². The monoisotopic (exact) mass is 489 g/mol. The molecule has 0 spiro atoms. The van der Waals surface area contributed by atoms with Crippen molar-refractivity contribution < 1.29 is 14.3 Å². The first-order valence-electron chi connectivity index (χ1n) is 12.8. The van der Waals surface area contributed by atoms with Crippen molar-refractivity contribution in [2.45, 2.75) is 76.6 Å². The Balaban J connectivity index is 1.39. The molecule has 8 nitrogen and oxygen atoms in total. The minimum atomic E-state index is -0.542. The van der Waals surface area contributed by atoms with Crippen LogP contribution in [0.3, 0.4) is 0 Å². The molecule has 3 N–H and O–H groups in total. The molecule has 190 valence electrons. The number of nitrogens with zero attached hydrogens (tertiary/aromatic N) is 3. The van der Waals surface area contributed by atoms with E-state index in [0.717, 1.165) is 23.3 Å². The fourth-order valence-corrected chi connectivity index (χ4v) is 5.62. The molecule has 1 saturated carbocycles. The molecule has 0 saturated heterocycles. The van der Waals surface area contributed by atoms with E-state index in [0.29, 0.717) is 12.8 Å². The predicted molar refractivity (Wildman–Crippen MR) is 137 cm³/mol. The molecule has 1 aromatic heterocycles. The van der Waals surface area contributed by atoms with E-state index in [1.165, 1.54) is 0 Å². The zero-order valence-corrected chi connectivity index (χ0v) is 21.4. The maximum atomic E-state index is 13.5. The zero-order chi connectivity index (χ0) is 25.7. The Morgan fingerprint density at radius 2 is 2.03 bits per heavy atom. The highest BCUT2D eigenvalue weighted by molar-refractivity contribution is 5.99. The molecular formula is C28H35N5O3. The van der Waals surface area contributed by atoms with Gasteiger partial charge in [-0.2, -0.15) is 0 Å². The lowest BCUT2D eigenvalue weighted by Gasteiger charge is -2.40. The van der Waals surface area contributed by atoms with Gasteiger partial charge in [0.2, 0.25) is 11.8 Å². The lowest BCUT2D eigenvalue weighted by atomic mass is 9.86. The molecule has 2 aromatic rings. The van der Waals surface area contributed by atoms with Gasteiger partial charge in [-0.25, -0.2) is 4.99 Å². The number of amides is 2. The van der Waals surface area contributed by atoms with Crippen molar-refractivity contribution in [1.29, 1.82) is 0 Å². The average Bonchev–Trinajstić information content (AvgIpc) is 3.62. The van der Waals surface area contributed by atoms with E-state index < -0.39 is 5.54 Å². The number of aromatic nitrogens is 1. The molecule has 2 amide bonds. The number of ether oxygens (including phenoxy) is 1. The second-order valence-electron chi connectivity index (χ2n) is 11.2. The number of carbonyl (C=O) groups is 2. The van der Waals surface area contributed by atoms with Crippen LogP contribution in [0, 0.1) is 11.8 Å². The number of nitrogens with two attached hydrogens (primary N) is 1. The Hall–Kier alpha value is -3.42. The van der Waals surface area contributed by atoms with Crippen molar-refractivity contribution in [3.05, 3.63) is 59.9 Å². The van der Waals surface area contributed by atoms with Crippen molar-refractivity contribution in [2.24, 2.45) is 22.6 Å². The Labute approximate surface area is 212 Å². The molecule has 3 aliphatic rings. The van der Waals surface area contributed by atoms with Gasteiger partial charge in [0.05, 0.1) is 24.0 Å². The smallest absolute Gasteiger partial charge is 0.232 e. The first kappa shape index (κ1) is 24.3. The minimum absolute atomic E-state index is 0.00524. The SMILES string of the molecule is CCC1(C)CC(NC(=O)[C@@H]2CC2[C@@H](c2cccnc2)N2C(=O)CC(C)(C)N=C2N)c2ccccc2O1. The van der Waals surface area contributed by atoms with Crippen LogP contribution in [0.1, 0.15) is 76.6 Å². The van der Waals surface area contributed by atoms with E-state index in [9.17, 15) is 9.59 Å². The molecule has 2 aliphatic heterocycles. The summed E-state index contributed by atoms with van der Waals surface area (Å²) in [6, 6.07) is 11.2. The van der Waals surface area contributed by atoms with Gasteiger partial charge in [0, 0.05) is 30.3 Å². The third kappa shape index (κ3) is 4.56. The van der Waals surface area contributed by atoms with Crippen LogP contribution < -0.4 is 15.8 Å². The molecule has 3 unspecified atom stereocenters. The summed E-state index contributed by atoms with van der Waals surface area (Å²) in [5.41, 5.74) is 7.32. The van der Waals surface area contributed by atoms with Crippen LogP contribution in [0.2, 0.25) is 0 Å². The van der Waals surface area contributed by atoms with Gasteiger partial charge in [0.25, 0.3) is 0 Å². The number of fused-ring (bicyclic) bond motifs is 1. The van der Waals surface area contributed by atoms with E-state index in [4.69, 9.17) is 10.5 Å². The standard InChI is InChI=1S/C28H35N5O3/c1-5-28(4)14-21(18-10-6-7-11-22(18)36-28)31-25(35)20-13-19(20)24(17-9-8-12-30-16-17)33-23(34)15-27(2,3)32-26(33)29/h6-12,16,19-21,24H,5,13-15H2,1-4H3,(H2,29,32)(H,31,35)/t19?,20-,21?,24-,28?/m1/s1. The van der Waals surface area contributed by atoms with E-state index >= 15 is 0 Å². The van der Waals surface area contributed by atoms with E-state index in [1.807, 2.05) is 50.2 Å². The molecule has 1 fully saturated rings. The van der Waals surface area contributed by atoms with Crippen molar-refractivity contribution in [2.75, 3.05) is 0 Å². The Kier molecular flexibility index (Phi) is 6.01. The van der Waals surface area contributed by atoms with E-state index in [2.05, 4.69) is 29.1 Å². The molecule has 8 heteroatoms. The number of para-hydroxylation sites is 1. The zero-order valence-electron chi connectivity index (χ0n) is 21.4. The summed E-state index contributed by atoms with van der Waals surface area (Å²) in [6.45, 7) is 7.99. The van der Waals surface area contributed by atoms with Crippen molar-refractivity contribution in [3.63, 3.8) is 0 Å². The fraction of sp³-hybridized carbons (Fsp3) is 0.500. The summed E-state index contributed by atoms with van der Waals surface area (Å²) in [5, 5.41) is 3.30. The molecule has 0 radical (unpaired) electrons. The average molecular weight is 490 g/mol. The lowest BCUT2D eigenvalue weighted by Crippen LogP contribution is -2.52. The summed E-state index contributed by atoms with van der Waals surface area (Å²) in [4.78, 5) is 37.2. The molecule has 5 rings (SSSR count). The van der Waals surface area contributed by atoms with Crippen LogP contribution in [0.15, 0.2) is 53.8 Å². The highest BCUT2D eigenvalue weighted by Gasteiger charge is 2.53. The van der Waals surface area contributed by atoms with E-state index in [-0.39, 0.29) is 53.7 Å². The number of aliphatic imine (C=N–C) groups is 1. The number of hydrogen-bond donors (Lipinski definition) is 2. The number of nitrogens with one attached hydrogen (secondary N) is 1. The lowest BCUT2D eigenvalue weighted by molar-refractivity contribution is -0.132. The molecule has 0 bridgehead atoms. The van der Waals surface area contributed by atoms with Gasteiger partial charge in [-0.3, -0.25) is 19.5 Å². The number of benzene rings is 1. The minimum Gasteiger partial charge on any atom is -0.487 e. The molecule has 3 heterocycles. The normalized spacial score (nSPS) is 29.4. The Morgan fingerprint density at radius 3 is 2.72 bits per heavy atom. The Morgan fingerprint density at radius 1 is 1.25 bits per heavy atom. The van der Waals surface area contributed by atoms with Crippen LogP contribution in [0.25, 0.3) is 0 Å². The third-order valence-corrected chi connectivity index (χ3v) is 7.75. The van der Waals surface area contributed by atoms with Gasteiger partial charge in [0.15, 0.2) is 5.96 Å². The van der Waals surface area contributed by atoms with Crippen molar-refractivity contribution in [1.82, 2.24) is 15.2 Å². The predicted octanol–water partition coefficient (Wildman–Crippen LogP) is 3.89. The van der Waals surface area contributed by atoms with Crippen LogP contribution >= 0.6 is 0 Å². The molecule has 36 heavy (non-hydrogen) atoms. The fourth-order valence-electron chi connectivity index (χ4n) is 5.62. The van der Waals surface area contributed by atoms with Gasteiger partial charge in [-0.1, -0.05) is 31.2 Å². The second-order valence-corrected chi connectivity index (χ2v) is 11.2. The number of hydrogen-bond acceptors (Lipinski definition) is 6. The number of carbonyl (C=O) groups excluding carboxylic acids is 2. The third-order valence-electron chi connectivity index (χ3n) is 7.75. The van der Waals surface area contributed by atoms with Gasteiger partial charge in [-0.05, 0) is 57.2 Å². The summed E-state index contributed by atoms with van der Waals surface area (Å²) >= 11 is 0. The maximum absolute atomic E-state index is 13.5. The van der Waals surface area contributed by atoms with Crippen molar-refractivity contribution in [3.8, 4) is 5.75 Å². The summed E-state index contributed by atoms with van der Waals surface area (Å²) < 4.78 is 6.26. The van der Waals surface area contributed by atoms with E-state index in [1.54, 1.807) is 17.3 Å². The van der Waals surface area contributed by atoms with Crippen LogP contribution in [-0.2, 0) is 9.59 Å². The maximum Gasteiger partial charge on any atom is 0.232 e. The number of guanidine groups is 1. The molecule has 5 atom stereocenters. The van der Waals surface area contributed by atoms with Crippen molar-refractivity contribution >= 4 is 17.8 Å². The molecular weight excluding hydrogens is 454 g/mol. The van der Waals surface area contributed by atoms with Crippen LogP contribution in [-0.4, -0.2) is 38.8 Å². The van der Waals surface area contributed by atoms with Gasteiger partial charge in [-0.15, -0.1) is 0 Å². The molecule has 1 aromatic carbocycles. The first-order valence-corrected chi connectivity index (χ1v) is 12.8. The summed E-state index contributed by atoms with van der Waals surface area (Å²) in [5.74, 6) is 0.644. The number of rotatable bonds is 6. The summed E-state index contributed by atoms with van der Waals surface area (Å²) in [7, 11) is 0. The number of pyridine rings is 1. The topological polar surface area (TPSA) is 110 Å². The highest BCUT2D eigenvalue weighted by Crippen LogP contribution is 2.51. The van der Waals surface area contributed by atoms with Crippen LogP contribution in [0.4, 0.5) is 0 Å². The molecule has 1 aliphatic carbocycles.